The van der Waals surface area contributed by atoms with Gasteiger partial charge in [0.05, 0.1) is 18.4 Å². The highest BCUT2D eigenvalue weighted by Gasteiger charge is 2.23. The van der Waals surface area contributed by atoms with Crippen molar-refractivity contribution in [3.05, 3.63) is 70.2 Å². The summed E-state index contributed by atoms with van der Waals surface area (Å²) in [5.41, 5.74) is 2.55. The predicted molar refractivity (Wildman–Crippen MR) is 94.2 cm³/mol. The third kappa shape index (κ3) is 4.59. The van der Waals surface area contributed by atoms with Crippen LogP contribution in [0.4, 0.5) is 0 Å². The lowest BCUT2D eigenvalue weighted by molar-refractivity contribution is -0.137. The predicted octanol–water partition coefficient (Wildman–Crippen LogP) is 4.08. The molecular formula is C19H20ClNO3. The molecule has 126 valence electrons. The average Bonchev–Trinajstić information content (AvgIpc) is 2.53. The van der Waals surface area contributed by atoms with Crippen molar-refractivity contribution in [1.29, 1.82) is 0 Å². The number of hydrogen-bond acceptors (Lipinski definition) is 2. The van der Waals surface area contributed by atoms with Crippen LogP contribution in [0.3, 0.4) is 0 Å². The van der Waals surface area contributed by atoms with Crippen LogP contribution >= 0.6 is 11.6 Å². The molecule has 0 heterocycles. The Kier molecular flexibility index (Phi) is 5.99. The minimum Gasteiger partial charge on any atom is -0.481 e. The number of rotatable bonds is 6. The molecule has 0 aliphatic heterocycles. The maximum atomic E-state index is 12.6. The molecule has 0 aliphatic carbocycles. The summed E-state index contributed by atoms with van der Waals surface area (Å²) in [5, 5.41) is 12.6. The molecule has 2 aromatic carbocycles. The highest BCUT2D eigenvalue weighted by atomic mass is 35.5. The lowest BCUT2D eigenvalue weighted by Gasteiger charge is -2.22. The smallest absolute Gasteiger partial charge is 0.305 e. The fraction of sp³-hybridized carbons (Fsp3) is 0.263. The molecular weight excluding hydrogens is 326 g/mol. The molecule has 2 atom stereocenters. The third-order valence-electron chi connectivity index (χ3n) is 4.00. The van der Waals surface area contributed by atoms with Gasteiger partial charge in [0.2, 0.25) is 5.91 Å². The van der Waals surface area contributed by atoms with Gasteiger partial charge >= 0.3 is 5.97 Å². The normalized spacial score (nSPS) is 13.1. The fourth-order valence-corrected chi connectivity index (χ4v) is 2.81. The number of hydrogen-bond donors (Lipinski definition) is 2. The van der Waals surface area contributed by atoms with Crippen LogP contribution in [-0.4, -0.2) is 17.0 Å². The van der Waals surface area contributed by atoms with E-state index >= 15 is 0 Å². The summed E-state index contributed by atoms with van der Waals surface area (Å²) in [6.07, 6.45) is -0.168. The molecule has 2 rings (SSSR count). The van der Waals surface area contributed by atoms with Crippen LogP contribution in [0.2, 0.25) is 5.02 Å². The lowest BCUT2D eigenvalue weighted by atomic mass is 9.96. The van der Waals surface area contributed by atoms with Crippen LogP contribution < -0.4 is 5.32 Å². The van der Waals surface area contributed by atoms with Crippen LogP contribution in [0.25, 0.3) is 0 Å². The minimum atomic E-state index is -0.959. The van der Waals surface area contributed by atoms with E-state index in [4.69, 9.17) is 11.6 Å². The Morgan fingerprint density at radius 2 is 1.88 bits per heavy atom. The van der Waals surface area contributed by atoms with Crippen molar-refractivity contribution in [1.82, 2.24) is 5.32 Å². The lowest BCUT2D eigenvalue weighted by Crippen LogP contribution is -2.33. The maximum Gasteiger partial charge on any atom is 0.305 e. The van der Waals surface area contributed by atoms with Gasteiger partial charge in [0, 0.05) is 5.02 Å². The number of carbonyl (C=O) groups excluding carboxylic acids is 1. The number of nitrogens with one attached hydrogen (secondary N) is 1. The quantitative estimate of drug-likeness (QED) is 0.828. The zero-order valence-corrected chi connectivity index (χ0v) is 14.4. The van der Waals surface area contributed by atoms with Gasteiger partial charge in [-0.1, -0.05) is 48.0 Å². The molecule has 4 nitrogen and oxygen atoms in total. The van der Waals surface area contributed by atoms with E-state index in [2.05, 4.69) is 5.32 Å². The maximum absolute atomic E-state index is 12.6. The first-order valence-electron chi connectivity index (χ1n) is 7.71. The Labute approximate surface area is 146 Å². The van der Waals surface area contributed by atoms with Gasteiger partial charge in [-0.3, -0.25) is 9.59 Å². The number of carboxylic acids is 1. The molecule has 0 saturated carbocycles. The molecule has 24 heavy (non-hydrogen) atoms. The monoisotopic (exact) mass is 345 g/mol. The Bertz CT molecular complexity index is 745. The molecule has 2 unspecified atom stereocenters. The van der Waals surface area contributed by atoms with Crippen molar-refractivity contribution in [2.75, 3.05) is 0 Å². The van der Waals surface area contributed by atoms with E-state index in [1.54, 1.807) is 25.1 Å². The molecule has 0 aliphatic rings. The van der Waals surface area contributed by atoms with Gasteiger partial charge in [0.15, 0.2) is 0 Å². The van der Waals surface area contributed by atoms with Crippen LogP contribution in [0.15, 0.2) is 48.5 Å². The molecule has 2 aromatic rings. The largest absolute Gasteiger partial charge is 0.481 e. The summed E-state index contributed by atoms with van der Waals surface area (Å²) in [4.78, 5) is 23.8. The first kappa shape index (κ1) is 18.0. The first-order valence-corrected chi connectivity index (χ1v) is 8.09. The van der Waals surface area contributed by atoms with Crippen molar-refractivity contribution in [3.8, 4) is 0 Å². The molecule has 0 saturated heterocycles. The van der Waals surface area contributed by atoms with Gasteiger partial charge in [-0.2, -0.15) is 0 Å². The van der Waals surface area contributed by atoms with E-state index in [1.165, 1.54) is 0 Å². The standard InChI is InChI=1S/C19H20ClNO3/c1-12-6-3-4-9-16(12)17(11-18(22)23)21-19(24)13(2)14-7-5-8-15(20)10-14/h3-10,13,17H,11H2,1-2H3,(H,21,24)(H,22,23). The Hall–Kier alpha value is -2.33. The summed E-state index contributed by atoms with van der Waals surface area (Å²) in [6, 6.07) is 14.0. The number of carbonyl (C=O) groups is 2. The molecule has 0 aromatic heterocycles. The fourth-order valence-electron chi connectivity index (χ4n) is 2.62. The van der Waals surface area contributed by atoms with Crippen LogP contribution in [0, 0.1) is 6.92 Å². The first-order chi connectivity index (χ1) is 11.4. The van der Waals surface area contributed by atoms with E-state index < -0.39 is 17.9 Å². The van der Waals surface area contributed by atoms with Crippen molar-refractivity contribution in [2.24, 2.45) is 0 Å². The molecule has 0 spiro atoms. The second kappa shape index (κ2) is 7.97. The van der Waals surface area contributed by atoms with Crippen LogP contribution in [0.5, 0.6) is 0 Å². The topological polar surface area (TPSA) is 66.4 Å². The van der Waals surface area contributed by atoms with Gasteiger partial charge in [0.1, 0.15) is 0 Å². The Morgan fingerprint density at radius 1 is 1.17 bits per heavy atom. The molecule has 5 heteroatoms. The minimum absolute atomic E-state index is 0.168. The van der Waals surface area contributed by atoms with Crippen molar-refractivity contribution >= 4 is 23.5 Å². The summed E-state index contributed by atoms with van der Waals surface area (Å²) < 4.78 is 0. The van der Waals surface area contributed by atoms with Gasteiger partial charge < -0.3 is 10.4 Å². The molecule has 0 fully saturated rings. The van der Waals surface area contributed by atoms with E-state index in [1.807, 2.05) is 37.3 Å². The van der Waals surface area contributed by atoms with E-state index in [0.29, 0.717) is 5.02 Å². The van der Waals surface area contributed by atoms with E-state index in [0.717, 1.165) is 16.7 Å². The molecule has 2 N–H and O–H groups in total. The Morgan fingerprint density at radius 3 is 2.50 bits per heavy atom. The number of amides is 1. The van der Waals surface area contributed by atoms with Gasteiger partial charge in [-0.05, 0) is 42.7 Å². The summed E-state index contributed by atoms with van der Waals surface area (Å²) >= 11 is 5.98. The van der Waals surface area contributed by atoms with Crippen LogP contribution in [0.1, 0.15) is 42.0 Å². The number of aryl methyl sites for hydroxylation is 1. The second-order valence-corrected chi connectivity index (χ2v) is 6.23. The highest BCUT2D eigenvalue weighted by Crippen LogP contribution is 2.24. The molecule has 1 amide bonds. The van der Waals surface area contributed by atoms with Crippen molar-refractivity contribution < 1.29 is 14.7 Å². The van der Waals surface area contributed by atoms with Gasteiger partial charge in [-0.25, -0.2) is 0 Å². The SMILES string of the molecule is Cc1ccccc1C(CC(=O)O)NC(=O)C(C)c1cccc(Cl)c1. The van der Waals surface area contributed by atoms with Gasteiger partial charge in [0.25, 0.3) is 0 Å². The zero-order chi connectivity index (χ0) is 17.7. The summed E-state index contributed by atoms with van der Waals surface area (Å²) in [5.74, 6) is -1.62. The van der Waals surface area contributed by atoms with Crippen molar-refractivity contribution in [2.45, 2.75) is 32.2 Å². The number of aliphatic carboxylic acids is 1. The number of halogens is 1. The number of benzene rings is 2. The van der Waals surface area contributed by atoms with Gasteiger partial charge in [-0.15, -0.1) is 0 Å². The summed E-state index contributed by atoms with van der Waals surface area (Å²) in [6.45, 7) is 3.67. The zero-order valence-electron chi connectivity index (χ0n) is 13.6. The molecule has 0 radical (unpaired) electrons. The Balaban J connectivity index is 2.21. The van der Waals surface area contributed by atoms with E-state index in [9.17, 15) is 14.7 Å². The highest BCUT2D eigenvalue weighted by molar-refractivity contribution is 6.30. The number of carboxylic acid groups (broad SMARTS) is 1. The second-order valence-electron chi connectivity index (χ2n) is 5.79. The summed E-state index contributed by atoms with van der Waals surface area (Å²) in [7, 11) is 0. The van der Waals surface area contributed by atoms with Crippen molar-refractivity contribution in [3.63, 3.8) is 0 Å². The average molecular weight is 346 g/mol. The molecule has 0 bridgehead atoms. The van der Waals surface area contributed by atoms with Crippen LogP contribution in [-0.2, 0) is 9.59 Å². The third-order valence-corrected chi connectivity index (χ3v) is 4.24. The van der Waals surface area contributed by atoms with E-state index in [-0.39, 0.29) is 12.3 Å².